The van der Waals surface area contributed by atoms with Gasteiger partial charge < -0.3 is 5.32 Å². The van der Waals surface area contributed by atoms with Gasteiger partial charge in [-0.05, 0) is 25.0 Å². The lowest BCUT2D eigenvalue weighted by molar-refractivity contribution is 0.502. The number of aromatic nitrogens is 2. The molecule has 5 nitrogen and oxygen atoms in total. The number of sulfone groups is 1. The van der Waals surface area contributed by atoms with Crippen LogP contribution in [0.1, 0.15) is 25.0 Å². The molecule has 1 N–H and O–H groups in total. The molecule has 2 rings (SSSR count). The second-order valence-corrected chi connectivity index (χ2v) is 6.77. The van der Waals surface area contributed by atoms with Gasteiger partial charge in [-0.3, -0.25) is 0 Å². The van der Waals surface area contributed by atoms with Crippen LogP contribution in [0.5, 0.6) is 0 Å². The van der Waals surface area contributed by atoms with Gasteiger partial charge in [0.05, 0.1) is 10.9 Å². The maximum absolute atomic E-state index is 11.6. The average molecular weight is 255 g/mol. The van der Waals surface area contributed by atoms with Crippen LogP contribution >= 0.6 is 0 Å². The highest BCUT2D eigenvalue weighted by molar-refractivity contribution is 7.91. The van der Waals surface area contributed by atoms with Gasteiger partial charge in [-0.25, -0.2) is 8.42 Å². The Balaban J connectivity index is 1.95. The quantitative estimate of drug-likeness (QED) is 0.850. The van der Waals surface area contributed by atoms with Crippen LogP contribution < -0.4 is 5.32 Å². The minimum absolute atomic E-state index is 0.0482. The summed E-state index contributed by atoms with van der Waals surface area (Å²) in [6.45, 7) is 0.574. The molecule has 1 aliphatic rings. The predicted molar refractivity (Wildman–Crippen MR) is 65.1 cm³/mol. The summed E-state index contributed by atoms with van der Waals surface area (Å²) in [5, 5.41) is 10.8. The molecule has 0 aromatic carbocycles. The van der Waals surface area contributed by atoms with Crippen molar-refractivity contribution in [2.45, 2.75) is 37.1 Å². The van der Waals surface area contributed by atoms with Crippen molar-refractivity contribution in [3.63, 3.8) is 0 Å². The van der Waals surface area contributed by atoms with Crippen molar-refractivity contribution in [3.05, 3.63) is 24.0 Å². The first-order chi connectivity index (χ1) is 8.07. The number of nitrogens with one attached hydrogen (secondary N) is 1. The topological polar surface area (TPSA) is 72.0 Å². The van der Waals surface area contributed by atoms with Crippen molar-refractivity contribution in [3.8, 4) is 0 Å². The van der Waals surface area contributed by atoms with E-state index in [9.17, 15) is 8.42 Å². The average Bonchev–Trinajstić information content (AvgIpc) is 2.75. The van der Waals surface area contributed by atoms with Gasteiger partial charge >= 0.3 is 0 Å². The molecule has 1 aromatic rings. The number of rotatable bonds is 4. The van der Waals surface area contributed by atoms with E-state index in [4.69, 9.17) is 0 Å². The maximum Gasteiger partial charge on any atom is 0.151 e. The molecule has 1 aliphatic carbocycles. The largest absolute Gasteiger partial charge is 0.307 e. The van der Waals surface area contributed by atoms with Crippen LogP contribution in [0.3, 0.4) is 0 Å². The second kappa shape index (κ2) is 5.10. The summed E-state index contributed by atoms with van der Waals surface area (Å²) in [5.74, 6) is 0. The van der Waals surface area contributed by atoms with Gasteiger partial charge in [-0.2, -0.15) is 10.2 Å². The Kier molecular flexibility index (Phi) is 3.73. The lowest BCUT2D eigenvalue weighted by Gasteiger charge is -2.19. The first-order valence-corrected chi connectivity index (χ1v) is 7.71. The second-order valence-electron chi connectivity index (χ2n) is 4.50. The number of hydrogen-bond acceptors (Lipinski definition) is 5. The van der Waals surface area contributed by atoms with Crippen LogP contribution in [0.15, 0.2) is 18.3 Å². The van der Waals surface area contributed by atoms with Crippen LogP contribution in [-0.4, -0.2) is 36.2 Å². The van der Waals surface area contributed by atoms with E-state index >= 15 is 0 Å². The summed E-state index contributed by atoms with van der Waals surface area (Å²) in [4.78, 5) is 0. The highest BCUT2D eigenvalue weighted by Gasteiger charge is 2.34. The summed E-state index contributed by atoms with van der Waals surface area (Å²) >= 11 is 0. The Morgan fingerprint density at radius 3 is 2.94 bits per heavy atom. The molecular formula is C11H17N3O2S. The Morgan fingerprint density at radius 1 is 1.47 bits per heavy atom. The molecule has 94 valence electrons. The zero-order valence-electron chi connectivity index (χ0n) is 9.83. The smallest absolute Gasteiger partial charge is 0.151 e. The molecule has 1 aromatic heterocycles. The van der Waals surface area contributed by atoms with Gasteiger partial charge in [-0.1, -0.05) is 6.42 Å². The minimum atomic E-state index is -2.95. The zero-order chi connectivity index (χ0) is 12.3. The van der Waals surface area contributed by atoms with Crippen LogP contribution in [0.4, 0.5) is 0 Å². The van der Waals surface area contributed by atoms with Crippen molar-refractivity contribution in [2.75, 3.05) is 6.26 Å². The van der Waals surface area contributed by atoms with E-state index in [1.165, 1.54) is 6.26 Å². The maximum atomic E-state index is 11.6. The van der Waals surface area contributed by atoms with Crippen LogP contribution in [0, 0.1) is 0 Å². The third-order valence-corrected chi connectivity index (χ3v) is 4.84. The summed E-state index contributed by atoms with van der Waals surface area (Å²) in [5.41, 5.74) is 0.839. The molecule has 0 spiro atoms. The van der Waals surface area contributed by atoms with Crippen molar-refractivity contribution in [1.29, 1.82) is 0 Å². The van der Waals surface area contributed by atoms with E-state index in [-0.39, 0.29) is 11.3 Å². The van der Waals surface area contributed by atoms with E-state index in [0.29, 0.717) is 6.54 Å². The Morgan fingerprint density at radius 2 is 2.29 bits per heavy atom. The lowest BCUT2D eigenvalue weighted by Crippen LogP contribution is -2.39. The standard InChI is InChI=1S/C11H17N3O2S/c1-17(15,16)11-6-2-5-10(11)12-8-9-4-3-7-13-14-9/h3-4,7,10-12H,2,5-6,8H2,1H3. The highest BCUT2D eigenvalue weighted by Crippen LogP contribution is 2.25. The fourth-order valence-electron chi connectivity index (χ4n) is 2.34. The van der Waals surface area contributed by atoms with Gasteiger partial charge in [0.25, 0.3) is 0 Å². The van der Waals surface area contributed by atoms with Gasteiger partial charge in [0, 0.05) is 25.0 Å². The van der Waals surface area contributed by atoms with Crippen molar-refractivity contribution < 1.29 is 8.42 Å². The number of nitrogens with zero attached hydrogens (tertiary/aromatic N) is 2. The molecule has 0 bridgehead atoms. The lowest BCUT2D eigenvalue weighted by atomic mass is 10.2. The van der Waals surface area contributed by atoms with E-state index in [0.717, 1.165) is 25.0 Å². The molecule has 17 heavy (non-hydrogen) atoms. The minimum Gasteiger partial charge on any atom is -0.307 e. The van der Waals surface area contributed by atoms with Crippen molar-refractivity contribution in [1.82, 2.24) is 15.5 Å². The summed E-state index contributed by atoms with van der Waals surface area (Å²) in [7, 11) is -2.95. The van der Waals surface area contributed by atoms with Crippen molar-refractivity contribution in [2.24, 2.45) is 0 Å². The molecule has 2 atom stereocenters. The van der Waals surface area contributed by atoms with Gasteiger partial charge in [0.2, 0.25) is 0 Å². The molecular weight excluding hydrogens is 238 g/mol. The first-order valence-electron chi connectivity index (χ1n) is 5.76. The van der Waals surface area contributed by atoms with E-state index in [1.54, 1.807) is 6.20 Å². The normalized spacial score (nSPS) is 25.0. The van der Waals surface area contributed by atoms with Crippen LogP contribution in [-0.2, 0) is 16.4 Å². The summed E-state index contributed by atoms with van der Waals surface area (Å²) in [6.07, 6.45) is 5.59. The molecule has 1 saturated carbocycles. The Hall–Kier alpha value is -1.01. The Bertz CT molecular complexity index is 461. The summed E-state index contributed by atoms with van der Waals surface area (Å²) < 4.78 is 23.2. The monoisotopic (exact) mass is 255 g/mol. The first kappa shape index (κ1) is 12.4. The number of hydrogen-bond donors (Lipinski definition) is 1. The molecule has 0 amide bonds. The zero-order valence-corrected chi connectivity index (χ0v) is 10.7. The fourth-order valence-corrected chi connectivity index (χ4v) is 3.76. The fraction of sp³-hybridized carbons (Fsp3) is 0.636. The van der Waals surface area contributed by atoms with E-state index in [2.05, 4.69) is 15.5 Å². The SMILES string of the molecule is CS(=O)(=O)C1CCCC1NCc1cccnn1. The molecule has 1 fully saturated rings. The predicted octanol–water partition coefficient (Wildman–Crippen LogP) is 0.532. The van der Waals surface area contributed by atoms with Crippen LogP contribution in [0.2, 0.25) is 0 Å². The van der Waals surface area contributed by atoms with Gasteiger partial charge in [0.15, 0.2) is 9.84 Å². The molecule has 0 radical (unpaired) electrons. The molecule has 0 saturated heterocycles. The van der Waals surface area contributed by atoms with E-state index in [1.807, 2.05) is 12.1 Å². The summed E-state index contributed by atoms with van der Waals surface area (Å²) in [6, 6.07) is 3.75. The molecule has 6 heteroatoms. The van der Waals surface area contributed by atoms with E-state index < -0.39 is 9.84 Å². The third kappa shape index (κ3) is 3.23. The molecule has 0 aliphatic heterocycles. The Labute approximate surface area is 102 Å². The highest BCUT2D eigenvalue weighted by atomic mass is 32.2. The molecule has 1 heterocycles. The molecule has 2 unspecified atom stereocenters. The van der Waals surface area contributed by atoms with Gasteiger partial charge in [-0.15, -0.1) is 0 Å². The van der Waals surface area contributed by atoms with Crippen molar-refractivity contribution >= 4 is 9.84 Å². The van der Waals surface area contributed by atoms with Gasteiger partial charge in [0.1, 0.15) is 0 Å². The van der Waals surface area contributed by atoms with Crippen LogP contribution in [0.25, 0.3) is 0 Å². The third-order valence-electron chi connectivity index (χ3n) is 3.18.